The quantitative estimate of drug-likeness (QED) is 0.182. The van der Waals surface area contributed by atoms with Gasteiger partial charge >= 0.3 is 5.97 Å². The highest BCUT2D eigenvalue weighted by Gasteiger charge is 2.35. The van der Waals surface area contributed by atoms with E-state index in [1.54, 1.807) is 0 Å². The average molecular weight is 483 g/mol. The van der Waals surface area contributed by atoms with E-state index in [0.717, 1.165) is 44.9 Å². The normalized spacial score (nSPS) is 20.9. The monoisotopic (exact) mass is 483 g/mol. The predicted molar refractivity (Wildman–Crippen MR) is 117 cm³/mol. The number of aliphatic imine (C=N–C) groups is 1. The van der Waals surface area contributed by atoms with Crippen LogP contribution >= 0.6 is 24.0 Å². The van der Waals surface area contributed by atoms with Gasteiger partial charge in [0.05, 0.1) is 12.7 Å². The Kier molecular flexibility index (Phi) is 13.3. The summed E-state index contributed by atoms with van der Waals surface area (Å²) in [6.07, 6.45) is 3.68. The summed E-state index contributed by atoms with van der Waals surface area (Å²) < 4.78 is 11.0. The number of guanidine groups is 1. The molecule has 1 aliphatic rings. The van der Waals surface area contributed by atoms with Crippen LogP contribution in [0.3, 0.4) is 0 Å². The van der Waals surface area contributed by atoms with Crippen molar-refractivity contribution in [2.75, 3.05) is 32.8 Å². The Balaban J connectivity index is 0.00000625. The van der Waals surface area contributed by atoms with Crippen LogP contribution in [0.2, 0.25) is 0 Å². The molecule has 0 aromatic carbocycles. The van der Waals surface area contributed by atoms with Crippen molar-refractivity contribution >= 4 is 35.9 Å². The van der Waals surface area contributed by atoms with Crippen molar-refractivity contribution in [2.45, 2.75) is 66.4 Å². The van der Waals surface area contributed by atoms with E-state index in [1.807, 2.05) is 6.92 Å². The van der Waals surface area contributed by atoms with Crippen molar-refractivity contribution in [1.82, 2.24) is 10.6 Å². The van der Waals surface area contributed by atoms with Crippen molar-refractivity contribution in [3.8, 4) is 0 Å². The van der Waals surface area contributed by atoms with E-state index in [1.165, 1.54) is 0 Å². The first kappa shape index (κ1) is 25.4. The molecule has 1 rings (SSSR count). The number of carbonyl (C=O) groups is 1. The van der Waals surface area contributed by atoms with Crippen molar-refractivity contribution in [3.05, 3.63) is 0 Å². The van der Waals surface area contributed by atoms with Crippen LogP contribution in [0.5, 0.6) is 0 Å². The molecule has 0 amide bonds. The molecule has 0 saturated carbocycles. The van der Waals surface area contributed by atoms with Gasteiger partial charge in [-0.05, 0) is 38.5 Å². The topological polar surface area (TPSA) is 72.0 Å². The fourth-order valence-electron chi connectivity index (χ4n) is 3.21. The first-order valence-corrected chi connectivity index (χ1v) is 9.67. The van der Waals surface area contributed by atoms with Crippen molar-refractivity contribution in [2.24, 2.45) is 16.3 Å². The van der Waals surface area contributed by atoms with Gasteiger partial charge in [-0.25, -0.2) is 0 Å². The number of rotatable bonds is 8. The molecule has 1 heterocycles. The maximum absolute atomic E-state index is 11.4. The second-order valence-corrected chi connectivity index (χ2v) is 7.61. The summed E-state index contributed by atoms with van der Waals surface area (Å²) in [7, 11) is 0. The minimum Gasteiger partial charge on any atom is -0.466 e. The van der Waals surface area contributed by atoms with Crippen LogP contribution in [0.1, 0.15) is 60.3 Å². The van der Waals surface area contributed by atoms with Crippen LogP contribution in [-0.4, -0.2) is 50.9 Å². The van der Waals surface area contributed by atoms with E-state index in [2.05, 4.69) is 38.3 Å². The third-order valence-corrected chi connectivity index (χ3v) is 4.28. The van der Waals surface area contributed by atoms with Crippen molar-refractivity contribution in [1.29, 1.82) is 0 Å². The number of hydrogen-bond donors (Lipinski definition) is 2. The molecule has 0 bridgehead atoms. The molecule has 0 spiro atoms. The van der Waals surface area contributed by atoms with Gasteiger partial charge in [-0.1, -0.05) is 20.8 Å². The van der Waals surface area contributed by atoms with Gasteiger partial charge in [0, 0.05) is 38.6 Å². The van der Waals surface area contributed by atoms with Crippen LogP contribution in [0.4, 0.5) is 0 Å². The van der Waals surface area contributed by atoms with Gasteiger partial charge in [-0.2, -0.15) is 0 Å². The molecular weight excluding hydrogens is 445 g/mol. The first-order chi connectivity index (χ1) is 11.9. The Hall–Kier alpha value is -0.570. The minimum atomic E-state index is -0.140. The second kappa shape index (κ2) is 13.6. The van der Waals surface area contributed by atoms with Crippen LogP contribution in [0.15, 0.2) is 4.99 Å². The van der Waals surface area contributed by atoms with Crippen molar-refractivity contribution < 1.29 is 14.3 Å². The van der Waals surface area contributed by atoms with E-state index >= 15 is 0 Å². The minimum absolute atomic E-state index is 0. The molecule has 2 unspecified atom stereocenters. The van der Waals surface area contributed by atoms with Crippen LogP contribution in [0, 0.1) is 11.3 Å². The van der Waals surface area contributed by atoms with Gasteiger partial charge in [-0.3, -0.25) is 9.79 Å². The first-order valence-electron chi connectivity index (χ1n) is 9.67. The van der Waals surface area contributed by atoms with Gasteiger partial charge < -0.3 is 20.1 Å². The van der Waals surface area contributed by atoms with Crippen molar-refractivity contribution in [3.63, 3.8) is 0 Å². The number of halogens is 1. The summed E-state index contributed by atoms with van der Waals surface area (Å²) in [4.78, 5) is 16.1. The zero-order chi connectivity index (χ0) is 18.7. The summed E-state index contributed by atoms with van der Waals surface area (Å²) in [5, 5.41) is 6.57. The highest BCUT2D eigenvalue weighted by molar-refractivity contribution is 14.0. The van der Waals surface area contributed by atoms with E-state index in [0.29, 0.717) is 25.5 Å². The molecule has 0 radical (unpaired) electrons. The third kappa shape index (κ3) is 9.94. The standard InChI is InChI=1S/C19H37N3O3.HI/c1-6-20-18(21-12-8-11-16(23)24-7-2)22-14-15-10-9-13-25-17(15)19(3,4)5;/h15,17H,6-14H2,1-5H3,(H2,20,21,22);1H. The van der Waals surface area contributed by atoms with E-state index < -0.39 is 0 Å². The molecule has 0 aliphatic carbocycles. The van der Waals surface area contributed by atoms with Gasteiger partial charge in [0.2, 0.25) is 0 Å². The summed E-state index contributed by atoms with van der Waals surface area (Å²) in [6.45, 7) is 14.2. The van der Waals surface area contributed by atoms with Gasteiger partial charge in [0.1, 0.15) is 0 Å². The highest BCUT2D eigenvalue weighted by Crippen LogP contribution is 2.34. The highest BCUT2D eigenvalue weighted by atomic mass is 127. The number of hydrogen-bond acceptors (Lipinski definition) is 4. The number of carbonyl (C=O) groups excluding carboxylic acids is 1. The molecule has 0 aromatic heterocycles. The third-order valence-electron chi connectivity index (χ3n) is 4.28. The summed E-state index contributed by atoms with van der Waals surface area (Å²) in [6, 6.07) is 0. The molecule has 26 heavy (non-hydrogen) atoms. The summed E-state index contributed by atoms with van der Waals surface area (Å²) in [5.74, 6) is 1.12. The Morgan fingerprint density at radius 1 is 1.27 bits per heavy atom. The van der Waals surface area contributed by atoms with Crippen LogP contribution in [-0.2, 0) is 14.3 Å². The maximum atomic E-state index is 11.4. The zero-order valence-corrected chi connectivity index (χ0v) is 19.4. The lowest BCUT2D eigenvalue weighted by atomic mass is 9.78. The molecule has 2 N–H and O–H groups in total. The molecule has 6 nitrogen and oxygen atoms in total. The lowest BCUT2D eigenvalue weighted by molar-refractivity contribution is -0.143. The molecule has 0 aromatic rings. The molecule has 154 valence electrons. The molecule has 7 heteroatoms. The Bertz CT molecular complexity index is 425. The average Bonchev–Trinajstić information content (AvgIpc) is 2.56. The molecule has 1 fully saturated rings. The smallest absolute Gasteiger partial charge is 0.305 e. The van der Waals surface area contributed by atoms with E-state index in [4.69, 9.17) is 14.5 Å². The number of nitrogens with one attached hydrogen (secondary N) is 2. The predicted octanol–water partition coefficient (Wildman–Crippen LogP) is 3.34. The molecule has 2 atom stereocenters. The van der Waals surface area contributed by atoms with Gasteiger partial charge in [0.15, 0.2) is 5.96 Å². The van der Waals surface area contributed by atoms with Crippen LogP contribution < -0.4 is 10.6 Å². The largest absolute Gasteiger partial charge is 0.466 e. The van der Waals surface area contributed by atoms with E-state index in [9.17, 15) is 4.79 Å². The number of esters is 1. The van der Waals surface area contributed by atoms with Gasteiger partial charge in [-0.15, -0.1) is 24.0 Å². The Labute approximate surface area is 176 Å². The maximum Gasteiger partial charge on any atom is 0.305 e. The molecular formula is C19H38IN3O3. The Morgan fingerprint density at radius 3 is 2.62 bits per heavy atom. The molecule has 1 aliphatic heterocycles. The Morgan fingerprint density at radius 2 is 2.00 bits per heavy atom. The number of nitrogens with zero attached hydrogens (tertiary/aromatic N) is 1. The van der Waals surface area contributed by atoms with Crippen LogP contribution in [0.25, 0.3) is 0 Å². The fraction of sp³-hybridized carbons (Fsp3) is 0.895. The summed E-state index contributed by atoms with van der Waals surface area (Å²) in [5.41, 5.74) is 0.131. The molecule has 1 saturated heterocycles. The fourth-order valence-corrected chi connectivity index (χ4v) is 3.21. The zero-order valence-electron chi connectivity index (χ0n) is 17.1. The summed E-state index contributed by atoms with van der Waals surface area (Å²) >= 11 is 0. The van der Waals surface area contributed by atoms with Gasteiger partial charge in [0.25, 0.3) is 0 Å². The lowest BCUT2D eigenvalue weighted by Gasteiger charge is -2.39. The SMILES string of the molecule is CCNC(=NCC1CCCOC1C(C)(C)C)NCCCC(=O)OCC.I. The second-order valence-electron chi connectivity index (χ2n) is 7.61. The lowest BCUT2D eigenvalue weighted by Crippen LogP contribution is -2.43. The number of ether oxygens (including phenoxy) is 2. The van der Waals surface area contributed by atoms with E-state index in [-0.39, 0.29) is 41.5 Å².